The first-order valence-electron chi connectivity index (χ1n) is 9.74. The van der Waals surface area contributed by atoms with Crippen LogP contribution in [0.15, 0.2) is 54.6 Å². The van der Waals surface area contributed by atoms with Gasteiger partial charge in [-0.15, -0.1) is 13.2 Å². The fourth-order valence-electron chi connectivity index (χ4n) is 3.83. The van der Waals surface area contributed by atoms with Crippen molar-refractivity contribution in [2.75, 3.05) is 6.67 Å². The van der Waals surface area contributed by atoms with Crippen LogP contribution in [0.2, 0.25) is 0 Å². The predicted molar refractivity (Wildman–Crippen MR) is 103 cm³/mol. The molecule has 0 spiro atoms. The second-order valence-corrected chi connectivity index (χ2v) is 7.33. The molecule has 1 fully saturated rings. The van der Waals surface area contributed by atoms with Crippen molar-refractivity contribution in [1.29, 1.82) is 0 Å². The molecule has 0 heterocycles. The highest BCUT2D eigenvalue weighted by atomic mass is 19.4. The Morgan fingerprint density at radius 2 is 1.59 bits per heavy atom. The molecule has 0 unspecified atom stereocenters. The third kappa shape index (κ3) is 6.05. The van der Waals surface area contributed by atoms with Crippen molar-refractivity contribution >= 4 is 0 Å². The normalized spacial score (nSPS) is 20.2. The number of allylic oxidation sites excluding steroid dienone is 2. The highest BCUT2D eigenvalue weighted by molar-refractivity contribution is 5.64. The van der Waals surface area contributed by atoms with E-state index in [1.165, 1.54) is 11.6 Å². The average molecular weight is 410 g/mol. The van der Waals surface area contributed by atoms with Crippen molar-refractivity contribution in [3.8, 4) is 16.9 Å². The first-order chi connectivity index (χ1) is 13.9. The first kappa shape index (κ1) is 21.3. The van der Waals surface area contributed by atoms with E-state index in [-0.39, 0.29) is 6.67 Å². The minimum atomic E-state index is -4.92. The summed E-state index contributed by atoms with van der Waals surface area (Å²) < 4.78 is 66.5. The van der Waals surface area contributed by atoms with Gasteiger partial charge in [-0.05, 0) is 72.8 Å². The zero-order valence-corrected chi connectivity index (χ0v) is 15.9. The van der Waals surface area contributed by atoms with Crippen molar-refractivity contribution < 1.29 is 26.7 Å². The highest BCUT2D eigenvalue weighted by Crippen LogP contribution is 2.37. The van der Waals surface area contributed by atoms with Gasteiger partial charge in [-0.25, -0.2) is 4.39 Å². The summed E-state index contributed by atoms with van der Waals surface area (Å²) in [6.07, 6.45) is 3.85. The summed E-state index contributed by atoms with van der Waals surface area (Å²) in [5.74, 6) is -0.926. The minimum Gasteiger partial charge on any atom is -0.403 e. The van der Waals surface area contributed by atoms with Gasteiger partial charge in [-0.1, -0.05) is 42.5 Å². The molecule has 1 aliphatic carbocycles. The van der Waals surface area contributed by atoms with Gasteiger partial charge in [0.25, 0.3) is 0 Å². The molecule has 3 rings (SSSR count). The van der Waals surface area contributed by atoms with Crippen LogP contribution >= 0.6 is 0 Å². The molecule has 0 aliphatic heterocycles. The maximum Gasteiger partial charge on any atom is 0.573 e. The molecule has 0 bridgehead atoms. The van der Waals surface area contributed by atoms with Gasteiger partial charge in [0, 0.05) is 0 Å². The lowest BCUT2D eigenvalue weighted by Crippen LogP contribution is -2.17. The molecule has 2 aromatic rings. The Hall–Kier alpha value is -2.37. The van der Waals surface area contributed by atoms with Crippen molar-refractivity contribution in [2.45, 2.75) is 44.4 Å². The smallest absolute Gasteiger partial charge is 0.403 e. The molecule has 0 radical (unpaired) electrons. The van der Waals surface area contributed by atoms with E-state index in [1.54, 1.807) is 0 Å². The lowest BCUT2D eigenvalue weighted by atomic mass is 9.78. The van der Waals surface area contributed by atoms with Gasteiger partial charge < -0.3 is 4.74 Å². The maximum atomic E-state index is 13.9. The number of ether oxygens (including phenoxy) is 1. The van der Waals surface area contributed by atoms with E-state index >= 15 is 0 Å². The molecule has 1 saturated carbocycles. The summed E-state index contributed by atoms with van der Waals surface area (Å²) in [7, 11) is 0. The van der Waals surface area contributed by atoms with Gasteiger partial charge in [0.15, 0.2) is 11.6 Å². The summed E-state index contributed by atoms with van der Waals surface area (Å²) in [6, 6.07) is 11.2. The molecule has 0 aromatic heterocycles. The summed E-state index contributed by atoms with van der Waals surface area (Å²) in [6.45, 7) is -0.319. The van der Waals surface area contributed by atoms with E-state index in [0.29, 0.717) is 23.8 Å². The largest absolute Gasteiger partial charge is 0.573 e. The van der Waals surface area contributed by atoms with Crippen LogP contribution in [-0.4, -0.2) is 13.0 Å². The molecule has 1 aliphatic rings. The summed E-state index contributed by atoms with van der Waals surface area (Å²) in [5, 5.41) is 0. The van der Waals surface area contributed by atoms with E-state index in [1.807, 2.05) is 30.3 Å². The van der Waals surface area contributed by atoms with Gasteiger partial charge in [-0.2, -0.15) is 0 Å². The first-order valence-corrected chi connectivity index (χ1v) is 9.74. The van der Waals surface area contributed by atoms with Gasteiger partial charge in [0.1, 0.15) is 0 Å². The van der Waals surface area contributed by atoms with Crippen molar-refractivity contribution in [2.24, 2.45) is 5.92 Å². The minimum absolute atomic E-state index is 0.319. The van der Waals surface area contributed by atoms with Gasteiger partial charge in [-0.3, -0.25) is 4.39 Å². The molecule has 0 N–H and O–H groups in total. The van der Waals surface area contributed by atoms with Crippen LogP contribution in [0, 0.1) is 11.7 Å². The molecule has 2 aromatic carbocycles. The van der Waals surface area contributed by atoms with Crippen LogP contribution in [0.1, 0.15) is 43.6 Å². The van der Waals surface area contributed by atoms with Crippen LogP contribution in [0.4, 0.5) is 22.0 Å². The third-order valence-electron chi connectivity index (χ3n) is 5.33. The van der Waals surface area contributed by atoms with Crippen LogP contribution < -0.4 is 4.74 Å². The van der Waals surface area contributed by atoms with Gasteiger partial charge in [0.2, 0.25) is 0 Å². The number of benzene rings is 2. The fourth-order valence-corrected chi connectivity index (χ4v) is 3.83. The molecule has 0 saturated heterocycles. The van der Waals surface area contributed by atoms with Crippen LogP contribution in [0.3, 0.4) is 0 Å². The monoisotopic (exact) mass is 410 g/mol. The molecular formula is C23H23F5O. The predicted octanol–water partition coefficient (Wildman–Crippen LogP) is 7.58. The average Bonchev–Trinajstić information content (AvgIpc) is 2.69. The molecule has 29 heavy (non-hydrogen) atoms. The molecular weight excluding hydrogens is 387 g/mol. The number of halogens is 5. The highest BCUT2D eigenvalue weighted by Gasteiger charge is 2.32. The Bertz CT molecular complexity index is 818. The zero-order chi connectivity index (χ0) is 20.9. The van der Waals surface area contributed by atoms with E-state index < -0.39 is 17.9 Å². The molecule has 0 atom stereocenters. The van der Waals surface area contributed by atoms with Crippen LogP contribution in [-0.2, 0) is 0 Å². The summed E-state index contributed by atoms with van der Waals surface area (Å²) >= 11 is 0. The van der Waals surface area contributed by atoms with E-state index in [9.17, 15) is 22.0 Å². The molecule has 0 amide bonds. The number of hydrogen-bond donors (Lipinski definition) is 0. The lowest BCUT2D eigenvalue weighted by molar-refractivity contribution is -0.275. The number of hydrogen-bond acceptors (Lipinski definition) is 1. The van der Waals surface area contributed by atoms with Crippen molar-refractivity contribution in [3.63, 3.8) is 0 Å². The topological polar surface area (TPSA) is 9.23 Å². The lowest BCUT2D eigenvalue weighted by Gasteiger charge is -2.27. The maximum absolute atomic E-state index is 13.9. The third-order valence-corrected chi connectivity index (χ3v) is 5.33. The Morgan fingerprint density at radius 1 is 0.931 bits per heavy atom. The van der Waals surface area contributed by atoms with E-state index in [4.69, 9.17) is 0 Å². The van der Waals surface area contributed by atoms with Gasteiger partial charge in [0.05, 0.1) is 6.67 Å². The standard InChI is InChI=1S/C23H23F5O/c24-14-2-1-3-16-4-6-17(7-5-16)18-8-10-19(11-9-18)20-12-13-22(21(25)15-20)29-23(26,27)28/h1,3,8-13,15-17H,2,4-7,14H2. The van der Waals surface area contributed by atoms with Crippen molar-refractivity contribution in [3.05, 3.63) is 66.0 Å². The second-order valence-electron chi connectivity index (χ2n) is 7.33. The Kier molecular flexibility index (Phi) is 6.93. The summed E-state index contributed by atoms with van der Waals surface area (Å²) in [5.41, 5.74) is 2.43. The second kappa shape index (κ2) is 9.42. The zero-order valence-electron chi connectivity index (χ0n) is 15.9. The van der Waals surface area contributed by atoms with Crippen LogP contribution in [0.5, 0.6) is 5.75 Å². The Labute approximate surface area is 167 Å². The van der Waals surface area contributed by atoms with Gasteiger partial charge >= 0.3 is 6.36 Å². The van der Waals surface area contributed by atoms with Crippen LogP contribution in [0.25, 0.3) is 11.1 Å². The quantitative estimate of drug-likeness (QED) is 0.352. The fraction of sp³-hybridized carbons (Fsp3) is 0.391. The number of rotatable bonds is 6. The van der Waals surface area contributed by atoms with Crippen molar-refractivity contribution in [1.82, 2.24) is 0 Å². The molecule has 156 valence electrons. The SMILES string of the molecule is FCCC=CC1CCC(c2ccc(-c3ccc(OC(F)(F)F)c(F)c3)cc2)CC1. The van der Waals surface area contributed by atoms with E-state index in [2.05, 4.69) is 10.8 Å². The summed E-state index contributed by atoms with van der Waals surface area (Å²) in [4.78, 5) is 0. The molecule has 1 nitrogen and oxygen atoms in total. The Balaban J connectivity index is 1.63. The Morgan fingerprint density at radius 3 is 2.17 bits per heavy atom. The van der Waals surface area contributed by atoms with E-state index in [0.717, 1.165) is 43.4 Å². The molecule has 6 heteroatoms. The number of alkyl halides is 4.